The van der Waals surface area contributed by atoms with E-state index in [1.54, 1.807) is 24.3 Å². The van der Waals surface area contributed by atoms with Gasteiger partial charge in [-0.05, 0) is 11.5 Å². The highest BCUT2D eigenvalue weighted by Crippen LogP contribution is 2.29. The summed E-state index contributed by atoms with van der Waals surface area (Å²) in [6, 6.07) is 10.6. The van der Waals surface area contributed by atoms with E-state index in [0.29, 0.717) is 5.39 Å². The summed E-state index contributed by atoms with van der Waals surface area (Å²) in [4.78, 5) is 13.6. The fourth-order valence-electron chi connectivity index (χ4n) is 2.15. The molecule has 5 heteroatoms. The first-order valence-corrected chi connectivity index (χ1v) is 6.40. The van der Waals surface area contributed by atoms with Crippen LogP contribution in [0.4, 0.5) is 0 Å². The van der Waals surface area contributed by atoms with E-state index in [4.69, 9.17) is 10.2 Å². The zero-order valence-corrected chi connectivity index (χ0v) is 11.0. The summed E-state index contributed by atoms with van der Waals surface area (Å²) in [5, 5.41) is 29.6. The first kappa shape index (κ1) is 14.3. The van der Waals surface area contributed by atoms with E-state index in [0.717, 1.165) is 5.39 Å². The molecule has 0 aromatic heterocycles. The van der Waals surface area contributed by atoms with E-state index in [-0.39, 0.29) is 37.6 Å². The van der Waals surface area contributed by atoms with Crippen molar-refractivity contribution in [2.75, 3.05) is 26.3 Å². The Morgan fingerprint density at radius 2 is 1.65 bits per heavy atom. The second-order valence-corrected chi connectivity index (χ2v) is 4.42. The van der Waals surface area contributed by atoms with E-state index >= 15 is 0 Å². The summed E-state index contributed by atoms with van der Waals surface area (Å²) < 4.78 is 0. The zero-order valence-electron chi connectivity index (χ0n) is 11.0. The van der Waals surface area contributed by atoms with Crippen LogP contribution in [0.25, 0.3) is 10.8 Å². The van der Waals surface area contributed by atoms with Gasteiger partial charge < -0.3 is 20.2 Å². The van der Waals surface area contributed by atoms with Crippen LogP contribution in [0, 0.1) is 0 Å². The van der Waals surface area contributed by atoms with Gasteiger partial charge in [-0.2, -0.15) is 0 Å². The molecule has 0 radical (unpaired) electrons. The molecule has 3 N–H and O–H groups in total. The highest BCUT2D eigenvalue weighted by Gasteiger charge is 2.19. The fraction of sp³-hybridized carbons (Fsp3) is 0.267. The Labute approximate surface area is 116 Å². The smallest absolute Gasteiger partial charge is 0.257 e. The number of aromatic hydroxyl groups is 1. The number of aliphatic hydroxyl groups excluding tert-OH is 2. The molecule has 0 saturated carbocycles. The average molecular weight is 275 g/mol. The number of benzene rings is 2. The predicted molar refractivity (Wildman–Crippen MR) is 75.7 cm³/mol. The van der Waals surface area contributed by atoms with Gasteiger partial charge in [-0.1, -0.05) is 30.3 Å². The number of phenols is 1. The highest BCUT2D eigenvalue weighted by atomic mass is 16.3. The lowest BCUT2D eigenvalue weighted by Gasteiger charge is -2.21. The first-order valence-electron chi connectivity index (χ1n) is 6.40. The molecule has 20 heavy (non-hydrogen) atoms. The van der Waals surface area contributed by atoms with Crippen molar-refractivity contribution < 1.29 is 20.1 Å². The molecule has 0 unspecified atom stereocenters. The van der Waals surface area contributed by atoms with Gasteiger partial charge in [0.05, 0.1) is 18.8 Å². The third kappa shape index (κ3) is 2.74. The largest absolute Gasteiger partial charge is 0.506 e. The number of hydrogen-bond acceptors (Lipinski definition) is 4. The summed E-state index contributed by atoms with van der Waals surface area (Å²) >= 11 is 0. The second kappa shape index (κ2) is 6.36. The minimum absolute atomic E-state index is 0.0750. The minimum atomic E-state index is -0.406. The second-order valence-electron chi connectivity index (χ2n) is 4.42. The maximum Gasteiger partial charge on any atom is 0.257 e. The van der Waals surface area contributed by atoms with Crippen molar-refractivity contribution in [3.8, 4) is 5.75 Å². The Balaban J connectivity index is 2.41. The lowest BCUT2D eigenvalue weighted by atomic mass is 10.0. The molecule has 0 spiro atoms. The number of hydrogen-bond donors (Lipinski definition) is 3. The molecule has 2 aromatic carbocycles. The maximum atomic E-state index is 12.3. The Kier molecular flexibility index (Phi) is 4.55. The predicted octanol–water partition coefficient (Wildman–Crippen LogP) is 0.972. The highest BCUT2D eigenvalue weighted by molar-refractivity contribution is 6.03. The Hall–Kier alpha value is -2.11. The van der Waals surface area contributed by atoms with Gasteiger partial charge in [-0.15, -0.1) is 0 Å². The Morgan fingerprint density at radius 3 is 2.30 bits per heavy atom. The van der Waals surface area contributed by atoms with Crippen LogP contribution in [-0.4, -0.2) is 52.4 Å². The molecule has 106 valence electrons. The summed E-state index contributed by atoms with van der Waals surface area (Å²) in [5.41, 5.74) is 0.172. The van der Waals surface area contributed by atoms with Crippen molar-refractivity contribution in [1.29, 1.82) is 0 Å². The number of phenolic OH excluding ortho intramolecular Hbond substituents is 1. The lowest BCUT2D eigenvalue weighted by molar-refractivity contribution is 0.0682. The molecule has 0 atom stereocenters. The van der Waals surface area contributed by atoms with E-state index in [1.165, 1.54) is 4.90 Å². The van der Waals surface area contributed by atoms with E-state index in [1.807, 2.05) is 12.1 Å². The van der Waals surface area contributed by atoms with Crippen LogP contribution in [0.2, 0.25) is 0 Å². The standard InChI is InChI=1S/C15H17NO4/c17-9-7-16(8-10-18)15(20)13-6-5-11-3-1-2-4-12(11)14(13)19/h1-6,17-19H,7-10H2. The Bertz CT molecular complexity index is 606. The zero-order chi connectivity index (χ0) is 14.5. The van der Waals surface area contributed by atoms with Gasteiger partial charge in [0, 0.05) is 18.5 Å². The van der Waals surface area contributed by atoms with Crippen LogP contribution in [0.15, 0.2) is 36.4 Å². The van der Waals surface area contributed by atoms with Crippen LogP contribution in [0.3, 0.4) is 0 Å². The quantitative estimate of drug-likeness (QED) is 0.759. The molecule has 2 rings (SSSR count). The summed E-state index contributed by atoms with van der Waals surface area (Å²) in [5.74, 6) is -0.481. The van der Waals surface area contributed by atoms with Crippen LogP contribution in [-0.2, 0) is 0 Å². The van der Waals surface area contributed by atoms with Crippen molar-refractivity contribution in [2.45, 2.75) is 0 Å². The van der Waals surface area contributed by atoms with Crippen molar-refractivity contribution in [1.82, 2.24) is 4.90 Å². The Morgan fingerprint density at radius 1 is 1.00 bits per heavy atom. The van der Waals surface area contributed by atoms with Crippen molar-refractivity contribution >= 4 is 16.7 Å². The number of fused-ring (bicyclic) bond motifs is 1. The van der Waals surface area contributed by atoms with Gasteiger partial charge in [0.15, 0.2) is 0 Å². The van der Waals surface area contributed by atoms with Crippen molar-refractivity contribution in [3.63, 3.8) is 0 Å². The van der Waals surface area contributed by atoms with E-state index in [9.17, 15) is 9.90 Å². The van der Waals surface area contributed by atoms with Gasteiger partial charge in [0.1, 0.15) is 5.75 Å². The number of carbonyl (C=O) groups excluding carboxylic acids is 1. The molecular weight excluding hydrogens is 258 g/mol. The van der Waals surface area contributed by atoms with Gasteiger partial charge in [0.2, 0.25) is 0 Å². The molecular formula is C15H17NO4. The van der Waals surface area contributed by atoms with Crippen molar-refractivity contribution in [3.05, 3.63) is 42.0 Å². The van der Waals surface area contributed by atoms with Crippen LogP contribution in [0.1, 0.15) is 10.4 Å². The van der Waals surface area contributed by atoms with Crippen molar-refractivity contribution in [2.24, 2.45) is 0 Å². The van der Waals surface area contributed by atoms with Gasteiger partial charge in [-0.25, -0.2) is 0 Å². The molecule has 0 heterocycles. The van der Waals surface area contributed by atoms with Gasteiger partial charge in [-0.3, -0.25) is 4.79 Å². The third-order valence-electron chi connectivity index (χ3n) is 3.16. The average Bonchev–Trinajstić information content (AvgIpc) is 2.47. The number of rotatable bonds is 5. The molecule has 2 aromatic rings. The number of aliphatic hydroxyl groups is 2. The normalized spacial score (nSPS) is 10.7. The monoisotopic (exact) mass is 275 g/mol. The van der Waals surface area contributed by atoms with E-state index < -0.39 is 5.91 Å². The lowest BCUT2D eigenvalue weighted by Crippen LogP contribution is -2.35. The maximum absolute atomic E-state index is 12.3. The fourth-order valence-corrected chi connectivity index (χ4v) is 2.15. The molecule has 0 fully saturated rings. The number of nitrogens with zero attached hydrogens (tertiary/aromatic N) is 1. The first-order chi connectivity index (χ1) is 9.69. The van der Waals surface area contributed by atoms with Crippen LogP contribution in [0.5, 0.6) is 5.75 Å². The van der Waals surface area contributed by atoms with Gasteiger partial charge >= 0.3 is 0 Å². The third-order valence-corrected chi connectivity index (χ3v) is 3.16. The summed E-state index contributed by atoms with van der Waals surface area (Å²) in [7, 11) is 0. The molecule has 0 saturated heterocycles. The van der Waals surface area contributed by atoms with Gasteiger partial charge in [0.25, 0.3) is 5.91 Å². The molecule has 5 nitrogen and oxygen atoms in total. The molecule has 1 amide bonds. The van der Waals surface area contributed by atoms with E-state index in [2.05, 4.69) is 0 Å². The molecule has 0 aliphatic heterocycles. The summed E-state index contributed by atoms with van der Waals surface area (Å²) in [6.07, 6.45) is 0. The minimum Gasteiger partial charge on any atom is -0.506 e. The SMILES string of the molecule is O=C(c1ccc2ccccc2c1O)N(CCO)CCO. The van der Waals surface area contributed by atoms with Crippen LogP contribution >= 0.6 is 0 Å². The topological polar surface area (TPSA) is 81.0 Å². The summed E-state index contributed by atoms with van der Waals surface area (Å²) in [6.45, 7) is -0.155. The molecule has 0 aliphatic carbocycles. The molecule has 0 aliphatic rings. The number of carbonyl (C=O) groups is 1. The molecule has 0 bridgehead atoms. The number of amides is 1. The van der Waals surface area contributed by atoms with Crippen LogP contribution < -0.4 is 0 Å².